The molecule has 0 saturated carbocycles. The topological polar surface area (TPSA) is 0 Å². The highest BCUT2D eigenvalue weighted by Crippen LogP contribution is 2.34. The van der Waals surface area contributed by atoms with Crippen molar-refractivity contribution in [3.8, 4) is 0 Å². The molecule has 116 valence electrons. The van der Waals surface area contributed by atoms with Crippen molar-refractivity contribution in [2.24, 2.45) is 0 Å². The van der Waals surface area contributed by atoms with Crippen LogP contribution in [0.5, 0.6) is 0 Å². The molecule has 0 aromatic heterocycles. The van der Waals surface area contributed by atoms with Crippen molar-refractivity contribution in [1.82, 2.24) is 0 Å². The summed E-state index contributed by atoms with van der Waals surface area (Å²) in [6.45, 7) is 2.19. The van der Waals surface area contributed by atoms with Crippen molar-refractivity contribution in [2.75, 3.05) is 0 Å². The van der Waals surface area contributed by atoms with E-state index in [1.54, 1.807) is 12.1 Å². The van der Waals surface area contributed by atoms with Gasteiger partial charge in [-0.25, -0.2) is 4.39 Å². The molecular formula is C22H21F. The number of aryl methyl sites for hydroxylation is 2. The summed E-state index contributed by atoms with van der Waals surface area (Å²) in [6, 6.07) is 18.9. The maximum Gasteiger partial charge on any atom is 0.123 e. The van der Waals surface area contributed by atoms with Crippen LogP contribution in [0.2, 0.25) is 0 Å². The lowest BCUT2D eigenvalue weighted by Crippen LogP contribution is -2.13. The predicted molar refractivity (Wildman–Crippen MR) is 94.5 cm³/mol. The molecular weight excluding hydrogens is 283 g/mol. The molecule has 3 aromatic rings. The highest BCUT2D eigenvalue weighted by molar-refractivity contribution is 5.84. The number of hydrogen-bond acceptors (Lipinski definition) is 0. The Labute approximate surface area is 137 Å². The van der Waals surface area contributed by atoms with Crippen LogP contribution < -0.4 is 0 Å². The monoisotopic (exact) mass is 304 g/mol. The highest BCUT2D eigenvalue weighted by Gasteiger charge is 2.20. The quantitative estimate of drug-likeness (QED) is 0.560. The van der Waals surface area contributed by atoms with Gasteiger partial charge < -0.3 is 0 Å². The van der Waals surface area contributed by atoms with E-state index >= 15 is 0 Å². The molecule has 0 nitrogen and oxygen atoms in total. The van der Waals surface area contributed by atoms with Gasteiger partial charge in [0.05, 0.1) is 0 Å². The first kappa shape index (κ1) is 14.4. The summed E-state index contributed by atoms with van der Waals surface area (Å²) in [6.07, 6.45) is 4.18. The minimum Gasteiger partial charge on any atom is -0.207 e. The molecule has 0 radical (unpaired) electrons. The molecule has 0 amide bonds. The molecule has 0 aliphatic heterocycles. The fraction of sp³-hybridized carbons (Fsp3) is 0.273. The third-order valence-corrected chi connectivity index (χ3v) is 5.21. The van der Waals surface area contributed by atoms with Gasteiger partial charge in [-0.15, -0.1) is 0 Å². The Bertz CT molecular complexity index is 863. The van der Waals surface area contributed by atoms with E-state index < -0.39 is 0 Å². The van der Waals surface area contributed by atoms with E-state index in [2.05, 4.69) is 43.3 Å². The van der Waals surface area contributed by atoms with Crippen LogP contribution in [0.25, 0.3) is 10.8 Å². The van der Waals surface area contributed by atoms with E-state index in [9.17, 15) is 4.39 Å². The molecule has 0 heterocycles. The minimum absolute atomic E-state index is 0.111. The molecule has 0 saturated heterocycles. The number of halogens is 1. The van der Waals surface area contributed by atoms with Gasteiger partial charge in [0.1, 0.15) is 5.82 Å². The molecule has 23 heavy (non-hydrogen) atoms. The Morgan fingerprint density at radius 2 is 1.74 bits per heavy atom. The standard InChI is InChI=1S/C22H21F/c1-2-15-3-4-17-12-18(6-5-16(17)11-15)19-7-8-21-14-22(23)10-9-20(21)13-19/h3-6,9-12,14,19H,2,7-8,13H2,1H3. The van der Waals surface area contributed by atoms with E-state index in [4.69, 9.17) is 0 Å². The Morgan fingerprint density at radius 3 is 2.61 bits per heavy atom. The fourth-order valence-electron chi connectivity index (χ4n) is 3.80. The van der Waals surface area contributed by atoms with Crippen LogP contribution in [0.3, 0.4) is 0 Å². The van der Waals surface area contributed by atoms with Crippen molar-refractivity contribution in [3.63, 3.8) is 0 Å². The lowest BCUT2D eigenvalue weighted by Gasteiger charge is -2.25. The van der Waals surface area contributed by atoms with Crippen LogP contribution in [0.1, 0.15) is 41.5 Å². The van der Waals surface area contributed by atoms with Gasteiger partial charge in [0.15, 0.2) is 0 Å². The van der Waals surface area contributed by atoms with Crippen molar-refractivity contribution in [1.29, 1.82) is 0 Å². The molecule has 0 N–H and O–H groups in total. The Morgan fingerprint density at radius 1 is 0.913 bits per heavy atom. The second-order valence-corrected chi connectivity index (χ2v) is 6.65. The first-order chi connectivity index (χ1) is 11.2. The van der Waals surface area contributed by atoms with Crippen molar-refractivity contribution < 1.29 is 4.39 Å². The minimum atomic E-state index is -0.111. The molecule has 0 fully saturated rings. The maximum absolute atomic E-state index is 13.4. The number of benzene rings is 3. The zero-order valence-electron chi connectivity index (χ0n) is 13.5. The van der Waals surface area contributed by atoms with Crippen LogP contribution in [0, 0.1) is 5.82 Å². The summed E-state index contributed by atoms with van der Waals surface area (Å²) in [7, 11) is 0. The van der Waals surface area contributed by atoms with Crippen LogP contribution in [0.4, 0.5) is 4.39 Å². The lowest BCUT2D eigenvalue weighted by atomic mass is 9.80. The van der Waals surface area contributed by atoms with Gasteiger partial charge >= 0.3 is 0 Å². The number of hydrogen-bond donors (Lipinski definition) is 0. The van der Waals surface area contributed by atoms with Crippen LogP contribution in [0.15, 0.2) is 54.6 Å². The molecule has 0 spiro atoms. The first-order valence-electron chi connectivity index (χ1n) is 8.53. The normalized spacial score (nSPS) is 17.2. The van der Waals surface area contributed by atoms with Gasteiger partial charge in [0.25, 0.3) is 0 Å². The zero-order chi connectivity index (χ0) is 15.8. The van der Waals surface area contributed by atoms with Gasteiger partial charge in [-0.2, -0.15) is 0 Å². The smallest absolute Gasteiger partial charge is 0.123 e. The van der Waals surface area contributed by atoms with Crippen LogP contribution >= 0.6 is 0 Å². The second kappa shape index (κ2) is 5.81. The molecule has 1 heteroatoms. The second-order valence-electron chi connectivity index (χ2n) is 6.65. The van der Waals surface area contributed by atoms with Gasteiger partial charge in [-0.1, -0.05) is 49.4 Å². The summed E-state index contributed by atoms with van der Waals surface area (Å²) < 4.78 is 13.4. The van der Waals surface area contributed by atoms with Crippen LogP contribution in [-0.2, 0) is 19.3 Å². The van der Waals surface area contributed by atoms with E-state index in [-0.39, 0.29) is 5.82 Å². The Hall–Kier alpha value is -2.15. The van der Waals surface area contributed by atoms with Crippen molar-refractivity contribution in [3.05, 3.63) is 82.7 Å². The number of fused-ring (bicyclic) bond motifs is 2. The van der Waals surface area contributed by atoms with Crippen LogP contribution in [-0.4, -0.2) is 0 Å². The van der Waals surface area contributed by atoms with Gasteiger partial charge in [0, 0.05) is 0 Å². The van der Waals surface area contributed by atoms with Gasteiger partial charge in [-0.05, 0) is 76.8 Å². The maximum atomic E-state index is 13.4. The summed E-state index contributed by atoms with van der Waals surface area (Å²) in [5, 5.41) is 2.65. The third-order valence-electron chi connectivity index (χ3n) is 5.21. The fourth-order valence-corrected chi connectivity index (χ4v) is 3.80. The lowest BCUT2D eigenvalue weighted by molar-refractivity contribution is 0.573. The predicted octanol–water partition coefficient (Wildman–Crippen LogP) is 5.81. The number of rotatable bonds is 2. The van der Waals surface area contributed by atoms with Crippen molar-refractivity contribution in [2.45, 2.75) is 38.5 Å². The van der Waals surface area contributed by atoms with E-state index in [1.165, 1.54) is 33.0 Å². The zero-order valence-corrected chi connectivity index (χ0v) is 13.5. The first-order valence-corrected chi connectivity index (χ1v) is 8.53. The van der Waals surface area contributed by atoms with E-state index in [0.717, 1.165) is 25.7 Å². The van der Waals surface area contributed by atoms with Gasteiger partial charge in [0.2, 0.25) is 0 Å². The highest BCUT2D eigenvalue weighted by atomic mass is 19.1. The Balaban J connectivity index is 1.66. The van der Waals surface area contributed by atoms with Crippen molar-refractivity contribution >= 4 is 10.8 Å². The van der Waals surface area contributed by atoms with E-state index in [0.29, 0.717) is 5.92 Å². The molecule has 1 aliphatic rings. The molecule has 4 rings (SSSR count). The molecule has 1 aliphatic carbocycles. The van der Waals surface area contributed by atoms with E-state index in [1.807, 2.05) is 6.07 Å². The molecule has 0 bridgehead atoms. The average Bonchev–Trinajstić information content (AvgIpc) is 2.60. The summed E-state index contributed by atoms with van der Waals surface area (Å²) in [5.41, 5.74) is 5.30. The molecule has 1 atom stereocenters. The third kappa shape index (κ3) is 2.76. The van der Waals surface area contributed by atoms with Gasteiger partial charge in [-0.3, -0.25) is 0 Å². The summed E-state index contributed by atoms with van der Waals surface area (Å²) >= 11 is 0. The summed E-state index contributed by atoms with van der Waals surface area (Å²) in [4.78, 5) is 0. The Kier molecular flexibility index (Phi) is 3.65. The SMILES string of the molecule is CCc1ccc2cc(C3CCc4cc(F)ccc4C3)ccc2c1. The molecule has 1 unspecified atom stereocenters. The summed E-state index contributed by atoms with van der Waals surface area (Å²) in [5.74, 6) is 0.433. The molecule has 3 aromatic carbocycles. The largest absolute Gasteiger partial charge is 0.207 e. The average molecular weight is 304 g/mol.